The lowest BCUT2D eigenvalue weighted by Crippen LogP contribution is -2.35. The molecule has 1 atom stereocenters. The summed E-state index contributed by atoms with van der Waals surface area (Å²) in [5.41, 5.74) is 0.312. The van der Waals surface area contributed by atoms with Gasteiger partial charge in [-0.3, -0.25) is 0 Å². The van der Waals surface area contributed by atoms with E-state index in [-0.39, 0.29) is 0 Å². The van der Waals surface area contributed by atoms with Gasteiger partial charge in [0.25, 0.3) is 0 Å². The molecule has 13 heavy (non-hydrogen) atoms. The molecule has 0 aromatic heterocycles. The third kappa shape index (κ3) is 7.03. The van der Waals surface area contributed by atoms with E-state index in [4.69, 9.17) is 5.11 Å². The van der Waals surface area contributed by atoms with Crippen LogP contribution in [0.25, 0.3) is 0 Å². The average Bonchev–Trinajstić information content (AvgIpc) is 2.11. The molecule has 0 saturated carbocycles. The summed E-state index contributed by atoms with van der Waals surface area (Å²) in [4.78, 5) is 0. The maximum absolute atomic E-state index is 8.73. The third-order valence-corrected chi connectivity index (χ3v) is 2.55. The summed E-state index contributed by atoms with van der Waals surface area (Å²) < 4.78 is 0. The summed E-state index contributed by atoms with van der Waals surface area (Å²) >= 11 is 0. The van der Waals surface area contributed by atoms with E-state index >= 15 is 0 Å². The highest BCUT2D eigenvalue weighted by Crippen LogP contribution is 2.20. The molecule has 0 aliphatic heterocycles. The van der Waals surface area contributed by atoms with Crippen LogP contribution in [0.4, 0.5) is 0 Å². The number of hydrogen-bond donors (Lipinski definition) is 2. The first kappa shape index (κ1) is 12.9. The first-order valence-corrected chi connectivity index (χ1v) is 5.36. The minimum Gasteiger partial charge on any atom is -0.396 e. The summed E-state index contributed by atoms with van der Waals surface area (Å²) in [7, 11) is 0. The smallest absolute Gasteiger partial charge is 0.0431 e. The largest absolute Gasteiger partial charge is 0.396 e. The quantitative estimate of drug-likeness (QED) is 0.640. The molecule has 0 rings (SSSR count). The van der Waals surface area contributed by atoms with Gasteiger partial charge >= 0.3 is 0 Å². The molecule has 0 aromatic rings. The number of nitrogens with one attached hydrogen (secondary N) is 1. The first-order chi connectivity index (χ1) is 6.02. The molecule has 0 heterocycles. The van der Waals surface area contributed by atoms with E-state index in [1.807, 2.05) is 0 Å². The van der Waals surface area contributed by atoms with Crippen molar-refractivity contribution in [1.82, 2.24) is 5.32 Å². The second-order valence-electron chi connectivity index (χ2n) is 4.68. The van der Waals surface area contributed by atoms with Crippen molar-refractivity contribution >= 4 is 0 Å². The molecule has 0 aliphatic carbocycles. The maximum Gasteiger partial charge on any atom is 0.0431 e. The van der Waals surface area contributed by atoms with E-state index in [9.17, 15) is 0 Å². The number of hydrogen-bond acceptors (Lipinski definition) is 2. The molecule has 0 saturated heterocycles. The second-order valence-corrected chi connectivity index (χ2v) is 4.68. The van der Waals surface area contributed by atoms with E-state index in [1.54, 1.807) is 0 Å². The van der Waals surface area contributed by atoms with Gasteiger partial charge in [-0.2, -0.15) is 0 Å². The van der Waals surface area contributed by atoms with Gasteiger partial charge in [0.15, 0.2) is 0 Å². The molecule has 0 fully saturated rings. The highest BCUT2D eigenvalue weighted by molar-refractivity contribution is 4.73. The van der Waals surface area contributed by atoms with Gasteiger partial charge < -0.3 is 10.4 Å². The molecule has 0 aromatic carbocycles. The molecule has 2 heteroatoms. The SMILES string of the molecule is CCC(C)NCC(C)(C)CCCO. The molecule has 0 radical (unpaired) electrons. The zero-order valence-electron chi connectivity index (χ0n) is 9.56. The van der Waals surface area contributed by atoms with Crippen LogP contribution in [-0.4, -0.2) is 24.3 Å². The fourth-order valence-corrected chi connectivity index (χ4v) is 1.24. The summed E-state index contributed by atoms with van der Waals surface area (Å²) in [6.45, 7) is 10.3. The molecule has 0 amide bonds. The normalized spacial score (nSPS) is 14.5. The van der Waals surface area contributed by atoms with Gasteiger partial charge in [-0.15, -0.1) is 0 Å². The zero-order valence-corrected chi connectivity index (χ0v) is 9.56. The van der Waals surface area contributed by atoms with E-state index < -0.39 is 0 Å². The Morgan fingerprint density at radius 3 is 2.46 bits per heavy atom. The standard InChI is InChI=1S/C11H25NO/c1-5-10(2)12-9-11(3,4)7-6-8-13/h10,12-13H,5-9H2,1-4H3. The molecule has 2 nitrogen and oxygen atoms in total. The van der Waals surface area contributed by atoms with Crippen LogP contribution in [0.2, 0.25) is 0 Å². The topological polar surface area (TPSA) is 32.3 Å². The van der Waals surface area contributed by atoms with E-state index in [2.05, 4.69) is 33.0 Å². The summed E-state index contributed by atoms with van der Waals surface area (Å²) in [5, 5.41) is 12.2. The lowest BCUT2D eigenvalue weighted by atomic mass is 9.87. The lowest BCUT2D eigenvalue weighted by molar-refractivity contribution is 0.232. The van der Waals surface area contributed by atoms with Crippen LogP contribution < -0.4 is 5.32 Å². The highest BCUT2D eigenvalue weighted by atomic mass is 16.2. The van der Waals surface area contributed by atoms with Crippen molar-refractivity contribution in [2.75, 3.05) is 13.2 Å². The first-order valence-electron chi connectivity index (χ1n) is 5.36. The molecule has 2 N–H and O–H groups in total. The van der Waals surface area contributed by atoms with Crippen LogP contribution in [0.15, 0.2) is 0 Å². The predicted molar refractivity (Wildman–Crippen MR) is 57.9 cm³/mol. The fraction of sp³-hybridized carbons (Fsp3) is 1.00. The van der Waals surface area contributed by atoms with Gasteiger partial charge in [0, 0.05) is 19.2 Å². The van der Waals surface area contributed by atoms with Crippen LogP contribution in [0, 0.1) is 5.41 Å². The highest BCUT2D eigenvalue weighted by Gasteiger charge is 2.17. The van der Waals surface area contributed by atoms with Gasteiger partial charge in [0.2, 0.25) is 0 Å². The number of aliphatic hydroxyl groups is 1. The Labute approximate surface area is 82.7 Å². The molecule has 0 aliphatic rings. The van der Waals surface area contributed by atoms with Crippen molar-refractivity contribution in [3.63, 3.8) is 0 Å². The van der Waals surface area contributed by atoms with Crippen molar-refractivity contribution in [2.24, 2.45) is 5.41 Å². The Bertz CT molecular complexity index is 123. The Hall–Kier alpha value is -0.0800. The van der Waals surface area contributed by atoms with Gasteiger partial charge in [-0.1, -0.05) is 20.8 Å². The molecular formula is C11H25NO. The summed E-state index contributed by atoms with van der Waals surface area (Å²) in [6, 6.07) is 0.605. The van der Waals surface area contributed by atoms with Crippen LogP contribution >= 0.6 is 0 Å². The van der Waals surface area contributed by atoms with Gasteiger partial charge in [0.1, 0.15) is 0 Å². The zero-order chi connectivity index (χ0) is 10.3. The van der Waals surface area contributed by atoms with Crippen LogP contribution in [0.3, 0.4) is 0 Å². The minimum atomic E-state index is 0.312. The lowest BCUT2D eigenvalue weighted by Gasteiger charge is -2.26. The molecule has 0 bridgehead atoms. The van der Waals surface area contributed by atoms with Gasteiger partial charge in [0.05, 0.1) is 0 Å². The van der Waals surface area contributed by atoms with E-state index in [1.165, 1.54) is 6.42 Å². The predicted octanol–water partition coefficient (Wildman–Crippen LogP) is 2.17. The van der Waals surface area contributed by atoms with E-state index in [0.29, 0.717) is 18.1 Å². The van der Waals surface area contributed by atoms with Crippen molar-refractivity contribution < 1.29 is 5.11 Å². The molecular weight excluding hydrogens is 162 g/mol. The van der Waals surface area contributed by atoms with Crippen molar-refractivity contribution in [3.05, 3.63) is 0 Å². The second kappa shape index (κ2) is 6.39. The summed E-state index contributed by atoms with van der Waals surface area (Å²) in [6.07, 6.45) is 3.18. The Kier molecular flexibility index (Phi) is 6.35. The molecule has 80 valence electrons. The Balaban J connectivity index is 3.61. The average molecular weight is 187 g/mol. The van der Waals surface area contributed by atoms with Crippen molar-refractivity contribution in [3.8, 4) is 0 Å². The van der Waals surface area contributed by atoms with Gasteiger partial charge in [-0.05, 0) is 31.6 Å². The van der Waals surface area contributed by atoms with Crippen molar-refractivity contribution in [2.45, 2.75) is 53.0 Å². The monoisotopic (exact) mass is 187 g/mol. The number of rotatable bonds is 7. The third-order valence-electron chi connectivity index (χ3n) is 2.55. The van der Waals surface area contributed by atoms with Crippen molar-refractivity contribution in [1.29, 1.82) is 0 Å². The maximum atomic E-state index is 8.73. The van der Waals surface area contributed by atoms with Crippen LogP contribution in [0.5, 0.6) is 0 Å². The molecule has 1 unspecified atom stereocenters. The van der Waals surface area contributed by atoms with Crippen LogP contribution in [-0.2, 0) is 0 Å². The summed E-state index contributed by atoms with van der Waals surface area (Å²) in [5.74, 6) is 0. The Morgan fingerprint density at radius 2 is 2.00 bits per heavy atom. The van der Waals surface area contributed by atoms with E-state index in [0.717, 1.165) is 19.4 Å². The minimum absolute atomic E-state index is 0.312. The van der Waals surface area contributed by atoms with Gasteiger partial charge in [-0.25, -0.2) is 0 Å². The molecule has 0 spiro atoms. The van der Waals surface area contributed by atoms with Crippen LogP contribution in [0.1, 0.15) is 47.0 Å². The number of aliphatic hydroxyl groups excluding tert-OH is 1. The Morgan fingerprint density at radius 1 is 1.38 bits per heavy atom. The fourth-order valence-electron chi connectivity index (χ4n) is 1.24.